The van der Waals surface area contributed by atoms with Gasteiger partial charge in [-0.15, -0.1) is 16.4 Å². The van der Waals surface area contributed by atoms with Gasteiger partial charge in [-0.2, -0.15) is 4.68 Å². The summed E-state index contributed by atoms with van der Waals surface area (Å²) in [4.78, 5) is 43.5. The van der Waals surface area contributed by atoms with Crippen LogP contribution in [0, 0.1) is 0 Å². The maximum absolute atomic E-state index is 13.2. The molecule has 0 atom stereocenters. The Bertz CT molecular complexity index is 1330. The first-order valence-corrected chi connectivity index (χ1v) is 12.9. The van der Waals surface area contributed by atoms with Crippen LogP contribution in [0.1, 0.15) is 47.7 Å². The molecular weight excluding hydrogens is 496 g/mol. The van der Waals surface area contributed by atoms with Gasteiger partial charge in [-0.3, -0.25) is 4.79 Å². The number of fused-ring (bicyclic) bond motifs is 1. The van der Waals surface area contributed by atoms with Gasteiger partial charge < -0.3 is 30.3 Å². The SMILES string of the molecule is CCOC(=O)n1nc(NC(=O)c2ccc(N3CCN(C)CC3)cc2N)c2cc(C(=O)OC(C)(C)C)sc21. The third kappa shape index (κ3) is 5.86. The molecule has 2 aromatic heterocycles. The lowest BCUT2D eigenvalue weighted by molar-refractivity contribution is 0.00751. The Morgan fingerprint density at radius 1 is 1.14 bits per heavy atom. The number of nitrogens with zero attached hydrogens (tertiary/aromatic N) is 4. The first-order valence-electron chi connectivity index (χ1n) is 12.0. The second kappa shape index (κ2) is 10.4. The van der Waals surface area contributed by atoms with Crippen LogP contribution in [0.3, 0.4) is 0 Å². The number of amides is 1. The third-order valence-corrected chi connectivity index (χ3v) is 6.87. The quantitative estimate of drug-likeness (QED) is 0.376. The lowest BCUT2D eigenvalue weighted by atomic mass is 10.1. The predicted molar refractivity (Wildman–Crippen MR) is 144 cm³/mol. The van der Waals surface area contributed by atoms with E-state index in [0.29, 0.717) is 15.9 Å². The zero-order valence-electron chi connectivity index (χ0n) is 21.7. The molecule has 12 heteroatoms. The van der Waals surface area contributed by atoms with E-state index in [1.165, 1.54) is 0 Å². The third-order valence-electron chi connectivity index (χ3n) is 5.78. The molecule has 0 spiro atoms. The molecule has 1 aliphatic heterocycles. The fourth-order valence-corrected chi connectivity index (χ4v) is 4.91. The van der Waals surface area contributed by atoms with E-state index in [1.54, 1.807) is 45.9 Å². The number of piperazine rings is 1. The molecule has 3 heterocycles. The smallest absolute Gasteiger partial charge is 0.436 e. The fourth-order valence-electron chi connectivity index (χ4n) is 3.93. The molecule has 0 unspecified atom stereocenters. The van der Waals surface area contributed by atoms with Gasteiger partial charge in [0, 0.05) is 37.6 Å². The van der Waals surface area contributed by atoms with Crippen molar-refractivity contribution in [1.29, 1.82) is 0 Å². The minimum Gasteiger partial charge on any atom is -0.456 e. The fraction of sp³-hybridized carbons (Fsp3) is 0.440. The number of hydrogen-bond acceptors (Lipinski definition) is 10. The minimum absolute atomic E-state index is 0.113. The maximum atomic E-state index is 13.2. The van der Waals surface area contributed by atoms with E-state index in [2.05, 4.69) is 27.3 Å². The lowest BCUT2D eigenvalue weighted by Crippen LogP contribution is -2.44. The number of nitrogens with two attached hydrogens (primary N) is 1. The molecule has 0 saturated carbocycles. The average molecular weight is 529 g/mol. The molecule has 1 fully saturated rings. The zero-order valence-corrected chi connectivity index (χ0v) is 22.5. The molecule has 3 aromatic rings. The van der Waals surface area contributed by atoms with Gasteiger partial charge in [0.05, 0.1) is 17.6 Å². The van der Waals surface area contributed by atoms with Crippen LogP contribution in [0.25, 0.3) is 10.2 Å². The van der Waals surface area contributed by atoms with Crippen LogP contribution < -0.4 is 16.0 Å². The van der Waals surface area contributed by atoms with Crippen molar-refractivity contribution in [1.82, 2.24) is 14.7 Å². The second-order valence-corrected chi connectivity index (χ2v) is 10.8. The molecule has 11 nitrogen and oxygen atoms in total. The summed E-state index contributed by atoms with van der Waals surface area (Å²) in [5.74, 6) is -0.908. The van der Waals surface area contributed by atoms with Crippen molar-refractivity contribution in [2.45, 2.75) is 33.3 Å². The molecule has 0 bridgehead atoms. The van der Waals surface area contributed by atoms with Crippen LogP contribution in [0.2, 0.25) is 0 Å². The first kappa shape index (κ1) is 26.4. The number of nitrogen functional groups attached to an aromatic ring is 1. The van der Waals surface area contributed by atoms with Gasteiger partial charge in [0.2, 0.25) is 0 Å². The number of nitrogens with one attached hydrogen (secondary N) is 1. The van der Waals surface area contributed by atoms with Crippen molar-refractivity contribution in [3.8, 4) is 0 Å². The molecule has 1 aliphatic rings. The number of likely N-dealkylation sites (N-methyl/N-ethyl adjacent to an activating group) is 1. The number of esters is 1. The van der Waals surface area contributed by atoms with Crippen LogP contribution in [-0.2, 0) is 9.47 Å². The monoisotopic (exact) mass is 528 g/mol. The predicted octanol–water partition coefficient (Wildman–Crippen LogP) is 3.64. The van der Waals surface area contributed by atoms with E-state index in [1.807, 2.05) is 6.07 Å². The summed E-state index contributed by atoms with van der Waals surface area (Å²) in [5.41, 5.74) is 7.13. The van der Waals surface area contributed by atoms with Gasteiger partial charge in [0.15, 0.2) is 5.82 Å². The van der Waals surface area contributed by atoms with Crippen LogP contribution in [0.5, 0.6) is 0 Å². The van der Waals surface area contributed by atoms with Crippen molar-refractivity contribution in [3.05, 3.63) is 34.7 Å². The highest BCUT2D eigenvalue weighted by atomic mass is 32.1. The van der Waals surface area contributed by atoms with Gasteiger partial charge in [-0.1, -0.05) is 0 Å². The van der Waals surface area contributed by atoms with Crippen LogP contribution >= 0.6 is 11.3 Å². The Balaban J connectivity index is 1.62. The number of thiophene rings is 1. The van der Waals surface area contributed by atoms with Crippen molar-refractivity contribution in [2.75, 3.05) is 55.8 Å². The van der Waals surface area contributed by atoms with Gasteiger partial charge >= 0.3 is 12.1 Å². The number of carbonyl (C=O) groups is 3. The summed E-state index contributed by atoms with van der Waals surface area (Å²) in [6, 6.07) is 6.89. The van der Waals surface area contributed by atoms with Gasteiger partial charge in [0.1, 0.15) is 15.3 Å². The molecule has 37 heavy (non-hydrogen) atoms. The largest absolute Gasteiger partial charge is 0.456 e. The number of hydrogen-bond donors (Lipinski definition) is 2. The van der Waals surface area contributed by atoms with Gasteiger partial charge in [-0.25, -0.2) is 9.59 Å². The Kier molecular flexibility index (Phi) is 7.42. The number of aromatic nitrogens is 2. The van der Waals surface area contributed by atoms with Crippen molar-refractivity contribution in [2.24, 2.45) is 0 Å². The van der Waals surface area contributed by atoms with E-state index < -0.39 is 23.6 Å². The maximum Gasteiger partial charge on any atom is 0.436 e. The molecule has 4 rings (SSSR count). The number of rotatable bonds is 5. The highest BCUT2D eigenvalue weighted by Crippen LogP contribution is 2.33. The van der Waals surface area contributed by atoms with Gasteiger partial charge in [-0.05, 0) is 59.0 Å². The Hall–Kier alpha value is -3.64. The Morgan fingerprint density at radius 2 is 1.84 bits per heavy atom. The normalized spacial score (nSPS) is 14.6. The molecular formula is C25H32N6O5S. The lowest BCUT2D eigenvalue weighted by Gasteiger charge is -2.34. The summed E-state index contributed by atoms with van der Waals surface area (Å²) in [7, 11) is 2.09. The van der Waals surface area contributed by atoms with Crippen LogP contribution in [-0.4, -0.2) is 78.1 Å². The average Bonchev–Trinajstić information content (AvgIpc) is 3.39. The van der Waals surface area contributed by atoms with E-state index in [4.69, 9.17) is 15.2 Å². The second-order valence-electron chi connectivity index (χ2n) is 9.81. The summed E-state index contributed by atoms with van der Waals surface area (Å²) in [5, 5.41) is 7.41. The van der Waals surface area contributed by atoms with E-state index in [0.717, 1.165) is 47.9 Å². The van der Waals surface area contributed by atoms with Gasteiger partial charge in [0.25, 0.3) is 5.91 Å². The standard InChI is InChI=1S/C25H32N6O5S/c1-6-35-24(34)31-22-17(14-19(37-22)23(33)36-25(2,3)4)20(28-31)27-21(32)16-8-7-15(13-18(16)26)30-11-9-29(5)10-12-30/h7-8,13-14H,6,9-12,26H2,1-5H3,(H,27,28,32). The Morgan fingerprint density at radius 3 is 2.46 bits per heavy atom. The topological polar surface area (TPSA) is 132 Å². The number of anilines is 3. The minimum atomic E-state index is -0.721. The molecule has 1 saturated heterocycles. The van der Waals surface area contributed by atoms with Crippen LogP contribution in [0.4, 0.5) is 22.0 Å². The highest BCUT2D eigenvalue weighted by molar-refractivity contribution is 7.20. The number of carbonyl (C=O) groups excluding carboxylic acids is 3. The number of ether oxygens (including phenoxy) is 2. The summed E-state index contributed by atoms with van der Waals surface area (Å²) < 4.78 is 11.6. The summed E-state index contributed by atoms with van der Waals surface area (Å²) in [6.45, 7) is 10.8. The van der Waals surface area contributed by atoms with E-state index >= 15 is 0 Å². The zero-order chi connectivity index (χ0) is 26.9. The summed E-state index contributed by atoms with van der Waals surface area (Å²) in [6.07, 6.45) is -0.721. The molecule has 1 amide bonds. The van der Waals surface area contributed by atoms with Crippen molar-refractivity contribution >= 4 is 56.7 Å². The molecule has 1 aromatic carbocycles. The van der Waals surface area contributed by atoms with E-state index in [9.17, 15) is 14.4 Å². The van der Waals surface area contributed by atoms with Crippen LogP contribution in [0.15, 0.2) is 24.3 Å². The highest BCUT2D eigenvalue weighted by Gasteiger charge is 2.26. The molecule has 0 radical (unpaired) electrons. The Labute approximate surface area is 219 Å². The molecule has 198 valence electrons. The van der Waals surface area contributed by atoms with Crippen molar-refractivity contribution < 1.29 is 23.9 Å². The first-order chi connectivity index (χ1) is 17.5. The van der Waals surface area contributed by atoms with E-state index in [-0.39, 0.29) is 22.9 Å². The van der Waals surface area contributed by atoms with Crippen molar-refractivity contribution in [3.63, 3.8) is 0 Å². The molecule has 0 aliphatic carbocycles. The summed E-state index contributed by atoms with van der Waals surface area (Å²) >= 11 is 1.03. The molecule has 3 N–H and O–H groups in total. The number of benzene rings is 1.